The first-order chi connectivity index (χ1) is 5.86. The second kappa shape index (κ2) is 3.19. The molecule has 4 unspecified atom stereocenters. The highest BCUT2D eigenvalue weighted by Crippen LogP contribution is 2.46. The zero-order valence-electron chi connectivity index (χ0n) is 7.66. The van der Waals surface area contributed by atoms with Gasteiger partial charge in [-0.2, -0.15) is 0 Å². The summed E-state index contributed by atoms with van der Waals surface area (Å²) in [5.41, 5.74) is 5.78. The molecule has 3 N–H and O–H groups in total. The average molecular weight is 166 g/mol. The number of hydrogen-bond acceptors (Lipinski definition) is 2. The standard InChI is InChI=1S/C10H18N2/c1-12-6-10-8-3-2-7(4-8)9(10)5-11/h2-3,7-10,12H,4-6,11H2,1H3. The summed E-state index contributed by atoms with van der Waals surface area (Å²) < 4.78 is 0. The van der Waals surface area contributed by atoms with Gasteiger partial charge in [-0.25, -0.2) is 0 Å². The second-order valence-electron chi connectivity index (χ2n) is 4.07. The van der Waals surface area contributed by atoms with Crippen LogP contribution in [0.15, 0.2) is 12.2 Å². The van der Waals surface area contributed by atoms with Crippen LogP contribution in [0.25, 0.3) is 0 Å². The Balaban J connectivity index is 2.07. The molecule has 2 aliphatic carbocycles. The van der Waals surface area contributed by atoms with Gasteiger partial charge in [-0.05, 0) is 50.2 Å². The number of nitrogens with two attached hydrogens (primary N) is 1. The van der Waals surface area contributed by atoms with Gasteiger partial charge in [0, 0.05) is 0 Å². The maximum atomic E-state index is 5.78. The summed E-state index contributed by atoms with van der Waals surface area (Å²) in [4.78, 5) is 0. The Morgan fingerprint density at radius 3 is 2.58 bits per heavy atom. The molecular formula is C10H18N2. The van der Waals surface area contributed by atoms with E-state index >= 15 is 0 Å². The zero-order chi connectivity index (χ0) is 8.55. The zero-order valence-corrected chi connectivity index (χ0v) is 7.66. The predicted molar refractivity (Wildman–Crippen MR) is 50.7 cm³/mol. The van der Waals surface area contributed by atoms with Crippen LogP contribution in [0.4, 0.5) is 0 Å². The quantitative estimate of drug-likeness (QED) is 0.603. The van der Waals surface area contributed by atoms with Crippen molar-refractivity contribution < 1.29 is 0 Å². The minimum atomic E-state index is 0.743. The maximum absolute atomic E-state index is 5.78. The van der Waals surface area contributed by atoms with Crippen molar-refractivity contribution in [2.45, 2.75) is 6.42 Å². The Hall–Kier alpha value is -0.340. The van der Waals surface area contributed by atoms with Crippen molar-refractivity contribution in [3.8, 4) is 0 Å². The van der Waals surface area contributed by atoms with Gasteiger partial charge in [0.25, 0.3) is 0 Å². The Morgan fingerprint density at radius 2 is 2.00 bits per heavy atom. The van der Waals surface area contributed by atoms with E-state index < -0.39 is 0 Å². The number of allylic oxidation sites excluding steroid dienone is 2. The summed E-state index contributed by atoms with van der Waals surface area (Å²) in [7, 11) is 2.03. The second-order valence-corrected chi connectivity index (χ2v) is 4.07. The van der Waals surface area contributed by atoms with E-state index in [0.717, 1.165) is 36.8 Å². The van der Waals surface area contributed by atoms with Crippen molar-refractivity contribution >= 4 is 0 Å². The molecule has 0 aromatic heterocycles. The highest BCUT2D eigenvalue weighted by Gasteiger charge is 2.42. The normalized spacial score (nSPS) is 44.2. The molecule has 0 amide bonds. The van der Waals surface area contributed by atoms with Crippen LogP contribution < -0.4 is 11.1 Å². The molecule has 0 saturated heterocycles. The monoisotopic (exact) mass is 166 g/mol. The van der Waals surface area contributed by atoms with Crippen molar-refractivity contribution in [3.63, 3.8) is 0 Å². The molecular weight excluding hydrogens is 148 g/mol. The molecule has 0 radical (unpaired) electrons. The van der Waals surface area contributed by atoms with Gasteiger partial charge in [-0.1, -0.05) is 12.2 Å². The molecule has 12 heavy (non-hydrogen) atoms. The highest BCUT2D eigenvalue weighted by molar-refractivity contribution is 5.14. The SMILES string of the molecule is CNCC1C2C=CC(C2)C1CN. The third kappa shape index (κ3) is 1.10. The van der Waals surface area contributed by atoms with Crippen LogP contribution >= 0.6 is 0 Å². The first kappa shape index (κ1) is 8.27. The van der Waals surface area contributed by atoms with E-state index in [9.17, 15) is 0 Å². The number of rotatable bonds is 3. The fraction of sp³-hybridized carbons (Fsp3) is 0.800. The summed E-state index contributed by atoms with van der Waals surface area (Å²) in [5, 5.41) is 3.27. The van der Waals surface area contributed by atoms with Gasteiger partial charge in [0.1, 0.15) is 0 Å². The molecule has 0 aliphatic heterocycles. The fourth-order valence-corrected chi connectivity index (χ4v) is 2.91. The molecule has 1 fully saturated rings. The van der Waals surface area contributed by atoms with E-state index in [0.29, 0.717) is 0 Å². The van der Waals surface area contributed by atoms with Gasteiger partial charge in [0.2, 0.25) is 0 Å². The first-order valence-electron chi connectivity index (χ1n) is 4.89. The highest BCUT2D eigenvalue weighted by atomic mass is 14.8. The third-order valence-corrected chi connectivity index (χ3v) is 3.51. The maximum Gasteiger partial charge on any atom is -0.00145 e. The van der Waals surface area contributed by atoms with Crippen LogP contribution in [-0.4, -0.2) is 20.1 Å². The smallest absolute Gasteiger partial charge is 0.00145 e. The van der Waals surface area contributed by atoms with E-state index in [2.05, 4.69) is 17.5 Å². The summed E-state index contributed by atoms with van der Waals surface area (Å²) in [6, 6.07) is 0. The van der Waals surface area contributed by atoms with Crippen molar-refractivity contribution in [1.29, 1.82) is 0 Å². The first-order valence-corrected chi connectivity index (χ1v) is 4.89. The van der Waals surface area contributed by atoms with E-state index in [1.54, 1.807) is 0 Å². The van der Waals surface area contributed by atoms with Gasteiger partial charge in [0.15, 0.2) is 0 Å². The molecule has 2 aliphatic rings. The molecule has 2 rings (SSSR count). The molecule has 0 aromatic carbocycles. The van der Waals surface area contributed by atoms with E-state index in [1.807, 2.05) is 7.05 Å². The van der Waals surface area contributed by atoms with E-state index in [1.165, 1.54) is 6.42 Å². The Bertz CT molecular complexity index is 188. The van der Waals surface area contributed by atoms with Gasteiger partial charge >= 0.3 is 0 Å². The molecule has 68 valence electrons. The number of nitrogens with one attached hydrogen (secondary N) is 1. The van der Waals surface area contributed by atoms with Crippen LogP contribution in [0, 0.1) is 23.7 Å². The minimum absolute atomic E-state index is 0.743. The Morgan fingerprint density at radius 1 is 1.33 bits per heavy atom. The molecule has 0 aromatic rings. The Kier molecular flexibility index (Phi) is 2.20. The van der Waals surface area contributed by atoms with Crippen LogP contribution in [0.5, 0.6) is 0 Å². The number of hydrogen-bond donors (Lipinski definition) is 2. The fourth-order valence-electron chi connectivity index (χ4n) is 2.91. The summed E-state index contributed by atoms with van der Waals surface area (Å²) >= 11 is 0. The molecule has 0 spiro atoms. The van der Waals surface area contributed by atoms with Gasteiger partial charge < -0.3 is 11.1 Å². The van der Waals surface area contributed by atoms with Crippen molar-refractivity contribution in [2.75, 3.05) is 20.1 Å². The van der Waals surface area contributed by atoms with Gasteiger partial charge in [-0.3, -0.25) is 0 Å². The van der Waals surface area contributed by atoms with E-state index in [-0.39, 0.29) is 0 Å². The van der Waals surface area contributed by atoms with Crippen LogP contribution in [0.2, 0.25) is 0 Å². The third-order valence-electron chi connectivity index (χ3n) is 3.51. The van der Waals surface area contributed by atoms with Crippen LogP contribution in [0.1, 0.15) is 6.42 Å². The predicted octanol–water partition coefficient (Wildman–Crippen LogP) is 0.603. The van der Waals surface area contributed by atoms with E-state index in [4.69, 9.17) is 5.73 Å². The van der Waals surface area contributed by atoms with Crippen molar-refractivity contribution in [1.82, 2.24) is 5.32 Å². The summed E-state index contributed by atoms with van der Waals surface area (Å²) in [6.45, 7) is 1.99. The lowest BCUT2D eigenvalue weighted by atomic mass is 9.83. The molecule has 4 atom stereocenters. The lowest BCUT2D eigenvalue weighted by molar-refractivity contribution is 0.310. The molecule has 2 heteroatoms. The largest absolute Gasteiger partial charge is 0.330 e. The van der Waals surface area contributed by atoms with Crippen LogP contribution in [0.3, 0.4) is 0 Å². The minimum Gasteiger partial charge on any atom is -0.330 e. The van der Waals surface area contributed by atoms with Gasteiger partial charge in [0.05, 0.1) is 0 Å². The number of fused-ring (bicyclic) bond motifs is 2. The summed E-state index contributed by atoms with van der Waals surface area (Å²) in [6.07, 6.45) is 6.11. The lowest BCUT2D eigenvalue weighted by Crippen LogP contribution is -2.33. The molecule has 0 heterocycles. The van der Waals surface area contributed by atoms with Crippen molar-refractivity contribution in [3.05, 3.63) is 12.2 Å². The average Bonchev–Trinajstić information content (AvgIpc) is 2.64. The molecule has 1 saturated carbocycles. The lowest BCUT2D eigenvalue weighted by Gasteiger charge is -2.26. The van der Waals surface area contributed by atoms with Crippen LogP contribution in [-0.2, 0) is 0 Å². The Labute approximate surface area is 74.2 Å². The molecule has 2 nitrogen and oxygen atoms in total. The summed E-state index contributed by atoms with van der Waals surface area (Å²) in [5.74, 6) is 3.15. The van der Waals surface area contributed by atoms with Crippen molar-refractivity contribution in [2.24, 2.45) is 29.4 Å². The topological polar surface area (TPSA) is 38.0 Å². The molecule has 2 bridgehead atoms. The van der Waals surface area contributed by atoms with Gasteiger partial charge in [-0.15, -0.1) is 0 Å².